The molecule has 140 valence electrons. The highest BCUT2D eigenvalue weighted by Gasteiger charge is 2.13. The van der Waals surface area contributed by atoms with E-state index in [1.165, 1.54) is 6.07 Å². The van der Waals surface area contributed by atoms with Gasteiger partial charge in [-0.1, -0.05) is 22.0 Å². The molecule has 0 aliphatic carbocycles. The number of halogens is 2. The Balaban J connectivity index is 1.66. The fraction of sp³-hybridized carbons (Fsp3) is 0.0476. The maximum Gasteiger partial charge on any atom is 0.231 e. The molecule has 3 aromatic carbocycles. The van der Waals surface area contributed by atoms with Crippen LogP contribution in [-0.4, -0.2) is 21.4 Å². The molecule has 0 aliphatic rings. The summed E-state index contributed by atoms with van der Waals surface area (Å²) in [5.74, 6) is 0.536. The molecule has 0 saturated carbocycles. The molecular weight excluding hydrogens is 535 g/mol. The molecule has 0 radical (unpaired) electrons. The van der Waals surface area contributed by atoms with Gasteiger partial charge < -0.3 is 14.6 Å². The van der Waals surface area contributed by atoms with Crippen LogP contribution in [0.5, 0.6) is 11.5 Å². The molecule has 0 spiro atoms. The molecule has 5 nitrogen and oxygen atoms in total. The number of phenols is 2. The number of hydrogen-bond donors (Lipinski definition) is 2. The minimum Gasteiger partial charge on any atom is -0.507 e. The summed E-state index contributed by atoms with van der Waals surface area (Å²) in [6, 6.07) is 14.4. The summed E-state index contributed by atoms with van der Waals surface area (Å²) in [7, 11) is 0. The van der Waals surface area contributed by atoms with Crippen molar-refractivity contribution in [1.82, 2.24) is 4.98 Å². The second kappa shape index (κ2) is 7.56. The summed E-state index contributed by atoms with van der Waals surface area (Å²) < 4.78 is 7.35. The minimum atomic E-state index is 0.0194. The highest BCUT2D eigenvalue weighted by atomic mass is 127. The zero-order valence-electron chi connectivity index (χ0n) is 14.6. The van der Waals surface area contributed by atoms with Crippen molar-refractivity contribution in [2.75, 3.05) is 0 Å². The smallest absolute Gasteiger partial charge is 0.231 e. The maximum atomic E-state index is 10.4. The monoisotopic (exact) mass is 548 g/mol. The Kier molecular flexibility index (Phi) is 5.11. The van der Waals surface area contributed by atoms with E-state index in [4.69, 9.17) is 4.42 Å². The van der Waals surface area contributed by atoms with E-state index in [0.29, 0.717) is 28.3 Å². The molecule has 0 fully saturated rings. The maximum absolute atomic E-state index is 10.4. The van der Waals surface area contributed by atoms with Gasteiger partial charge >= 0.3 is 0 Å². The third kappa shape index (κ3) is 3.77. The predicted molar refractivity (Wildman–Crippen MR) is 122 cm³/mol. The van der Waals surface area contributed by atoms with Crippen LogP contribution in [-0.2, 0) is 0 Å². The second-order valence-corrected chi connectivity index (χ2v) is 8.35. The van der Waals surface area contributed by atoms with Gasteiger partial charge in [-0.2, -0.15) is 0 Å². The van der Waals surface area contributed by atoms with Crippen molar-refractivity contribution < 1.29 is 14.6 Å². The molecule has 0 atom stereocenters. The van der Waals surface area contributed by atoms with Crippen molar-refractivity contribution >= 4 is 61.5 Å². The van der Waals surface area contributed by atoms with Crippen molar-refractivity contribution in [3.8, 4) is 23.0 Å². The molecule has 1 heterocycles. The highest BCUT2D eigenvalue weighted by Crippen LogP contribution is 2.34. The lowest BCUT2D eigenvalue weighted by molar-refractivity contribution is 0.470. The largest absolute Gasteiger partial charge is 0.507 e. The highest BCUT2D eigenvalue weighted by molar-refractivity contribution is 14.1. The van der Waals surface area contributed by atoms with Gasteiger partial charge in [0.25, 0.3) is 0 Å². The first-order chi connectivity index (χ1) is 13.4. The number of benzene rings is 3. The van der Waals surface area contributed by atoms with Gasteiger partial charge in [0.05, 0.1) is 14.8 Å². The van der Waals surface area contributed by atoms with Crippen LogP contribution in [0.4, 0.5) is 5.69 Å². The van der Waals surface area contributed by atoms with Gasteiger partial charge in [-0.05, 0) is 71.5 Å². The average molecular weight is 549 g/mol. The summed E-state index contributed by atoms with van der Waals surface area (Å²) in [6.45, 7) is 1.98. The van der Waals surface area contributed by atoms with E-state index in [2.05, 4.69) is 48.5 Å². The van der Waals surface area contributed by atoms with Crippen LogP contribution < -0.4 is 0 Å². The zero-order chi connectivity index (χ0) is 19.8. The Morgan fingerprint density at radius 1 is 1.11 bits per heavy atom. The molecule has 0 amide bonds. The van der Waals surface area contributed by atoms with E-state index in [-0.39, 0.29) is 11.5 Å². The normalized spacial score (nSPS) is 11.5. The average Bonchev–Trinajstić information content (AvgIpc) is 3.06. The molecule has 2 N–H and O–H groups in total. The van der Waals surface area contributed by atoms with Crippen LogP contribution in [0, 0.1) is 10.5 Å². The molecule has 0 bridgehead atoms. The number of nitrogens with zero attached hydrogens (tertiary/aromatic N) is 2. The van der Waals surface area contributed by atoms with Crippen LogP contribution >= 0.6 is 38.5 Å². The van der Waals surface area contributed by atoms with E-state index >= 15 is 0 Å². The van der Waals surface area contributed by atoms with E-state index in [1.54, 1.807) is 24.4 Å². The Morgan fingerprint density at radius 2 is 1.93 bits per heavy atom. The Morgan fingerprint density at radius 3 is 2.71 bits per heavy atom. The topological polar surface area (TPSA) is 78.9 Å². The quantitative estimate of drug-likeness (QED) is 0.231. The lowest BCUT2D eigenvalue weighted by atomic mass is 10.1. The molecule has 28 heavy (non-hydrogen) atoms. The molecular formula is C21H14BrIN2O3. The van der Waals surface area contributed by atoms with Gasteiger partial charge in [0, 0.05) is 22.3 Å². The fourth-order valence-corrected chi connectivity index (χ4v) is 4.31. The van der Waals surface area contributed by atoms with Gasteiger partial charge in [-0.15, -0.1) is 0 Å². The van der Waals surface area contributed by atoms with Crippen LogP contribution in [0.1, 0.15) is 11.1 Å². The Labute approximate surface area is 183 Å². The van der Waals surface area contributed by atoms with E-state index in [0.717, 1.165) is 19.1 Å². The standard InChI is InChI=1S/C21H14BrIN2O3/c1-11-2-5-17-19(6-11)28-21(25-17)15-4-3-14(9-18(15)26)24-10-12-7-13(22)8-16(23)20(12)27/h2-10,26-27H,1H3. The van der Waals surface area contributed by atoms with Gasteiger partial charge in [0.1, 0.15) is 17.0 Å². The van der Waals surface area contributed by atoms with E-state index in [1.807, 2.05) is 31.2 Å². The predicted octanol–water partition coefficient (Wildman–Crippen LogP) is 6.33. The molecule has 4 aromatic rings. The number of aromatic nitrogens is 1. The fourth-order valence-electron chi connectivity index (χ4n) is 2.76. The number of rotatable bonds is 3. The van der Waals surface area contributed by atoms with E-state index < -0.39 is 0 Å². The number of oxazole rings is 1. The first-order valence-corrected chi connectivity index (χ1v) is 10.2. The van der Waals surface area contributed by atoms with E-state index in [9.17, 15) is 10.2 Å². The van der Waals surface area contributed by atoms with Crippen molar-refractivity contribution in [2.45, 2.75) is 6.92 Å². The molecule has 0 aliphatic heterocycles. The zero-order valence-corrected chi connectivity index (χ0v) is 18.4. The van der Waals surface area contributed by atoms with Crippen molar-refractivity contribution in [3.63, 3.8) is 0 Å². The van der Waals surface area contributed by atoms with Crippen LogP contribution in [0.15, 0.2) is 62.4 Å². The first kappa shape index (κ1) is 18.9. The Hall–Kier alpha value is -2.39. The molecule has 4 rings (SSSR count). The number of aliphatic imine (C=N–C) groups is 1. The SMILES string of the molecule is Cc1ccc2nc(-c3ccc(N=Cc4cc(Br)cc(I)c4O)cc3O)oc2c1. The number of aromatic hydroxyl groups is 2. The van der Waals surface area contributed by atoms with Gasteiger partial charge in [0.15, 0.2) is 5.58 Å². The minimum absolute atomic E-state index is 0.0194. The van der Waals surface area contributed by atoms with Crippen LogP contribution in [0.2, 0.25) is 0 Å². The molecule has 1 aromatic heterocycles. The molecule has 7 heteroatoms. The van der Waals surface area contributed by atoms with Crippen LogP contribution in [0.25, 0.3) is 22.6 Å². The third-order valence-corrected chi connectivity index (χ3v) is 5.45. The van der Waals surface area contributed by atoms with Gasteiger partial charge in [0.2, 0.25) is 5.89 Å². The molecule has 0 saturated heterocycles. The summed E-state index contributed by atoms with van der Waals surface area (Å²) in [6.07, 6.45) is 1.55. The number of phenolic OH excluding ortho intramolecular Hbond substituents is 2. The van der Waals surface area contributed by atoms with Gasteiger partial charge in [-0.3, -0.25) is 4.99 Å². The lowest BCUT2D eigenvalue weighted by Crippen LogP contribution is -1.86. The van der Waals surface area contributed by atoms with Gasteiger partial charge in [-0.25, -0.2) is 4.98 Å². The summed E-state index contributed by atoms with van der Waals surface area (Å²) in [4.78, 5) is 8.78. The third-order valence-electron chi connectivity index (χ3n) is 4.17. The van der Waals surface area contributed by atoms with Crippen LogP contribution in [0.3, 0.4) is 0 Å². The Bertz CT molecular complexity index is 1230. The number of hydrogen-bond acceptors (Lipinski definition) is 5. The number of aryl methyl sites for hydroxylation is 1. The molecule has 0 unspecified atom stereocenters. The number of fused-ring (bicyclic) bond motifs is 1. The summed E-state index contributed by atoms with van der Waals surface area (Å²) in [5.41, 5.74) is 4.11. The summed E-state index contributed by atoms with van der Waals surface area (Å²) >= 11 is 5.46. The lowest BCUT2D eigenvalue weighted by Gasteiger charge is -2.04. The van der Waals surface area contributed by atoms with Crippen molar-refractivity contribution in [2.24, 2.45) is 4.99 Å². The van der Waals surface area contributed by atoms with Crippen molar-refractivity contribution in [1.29, 1.82) is 0 Å². The summed E-state index contributed by atoms with van der Waals surface area (Å²) in [5, 5.41) is 20.6. The first-order valence-electron chi connectivity index (χ1n) is 8.33. The van der Waals surface area contributed by atoms with Crippen molar-refractivity contribution in [3.05, 3.63) is 67.7 Å². The second-order valence-electron chi connectivity index (χ2n) is 6.28.